The van der Waals surface area contributed by atoms with Crippen LogP contribution in [0.15, 0.2) is 18.2 Å². The summed E-state index contributed by atoms with van der Waals surface area (Å²) in [6, 6.07) is 4.56. The number of aliphatic hydroxyl groups is 1. The number of rotatable bonds is 4. The summed E-state index contributed by atoms with van der Waals surface area (Å²) < 4.78 is 5.89. The summed E-state index contributed by atoms with van der Waals surface area (Å²) in [5, 5.41) is 18.9. The summed E-state index contributed by atoms with van der Waals surface area (Å²) in [6.07, 6.45) is 3.26. The number of phenols is 1. The first-order valence-corrected chi connectivity index (χ1v) is 6.77. The van der Waals surface area contributed by atoms with Crippen LogP contribution in [-0.2, 0) is 0 Å². The second-order valence-electron chi connectivity index (χ2n) is 6.16. The second-order valence-corrected chi connectivity index (χ2v) is 6.16. The molecule has 106 valence electrons. The van der Waals surface area contributed by atoms with E-state index in [1.165, 1.54) is 0 Å². The summed E-state index contributed by atoms with van der Waals surface area (Å²) in [6.45, 7) is 4.34. The third kappa shape index (κ3) is 3.39. The monoisotopic (exact) mass is 265 g/mol. The lowest BCUT2D eigenvalue weighted by molar-refractivity contribution is 0.186. The van der Waals surface area contributed by atoms with E-state index < -0.39 is 6.04 Å². The fourth-order valence-electron chi connectivity index (χ4n) is 2.61. The molecule has 0 spiro atoms. The van der Waals surface area contributed by atoms with Crippen molar-refractivity contribution in [3.63, 3.8) is 0 Å². The maximum absolute atomic E-state index is 9.85. The fraction of sp³-hybridized carbons (Fsp3) is 0.600. The summed E-state index contributed by atoms with van der Waals surface area (Å²) in [7, 11) is 0. The Kier molecular flexibility index (Phi) is 4.02. The molecular formula is C15H23NO3. The molecule has 0 saturated heterocycles. The number of aromatic hydroxyl groups is 1. The quantitative estimate of drug-likeness (QED) is 0.781. The number of hydrogen-bond acceptors (Lipinski definition) is 4. The summed E-state index contributed by atoms with van der Waals surface area (Å²) in [4.78, 5) is 0. The van der Waals surface area contributed by atoms with Crippen molar-refractivity contribution in [2.24, 2.45) is 11.1 Å². The topological polar surface area (TPSA) is 75.7 Å². The Morgan fingerprint density at radius 2 is 2.21 bits per heavy atom. The van der Waals surface area contributed by atoms with E-state index in [4.69, 9.17) is 15.6 Å². The van der Waals surface area contributed by atoms with Crippen LogP contribution in [0.4, 0.5) is 0 Å². The lowest BCUT2D eigenvalue weighted by Gasteiger charge is -2.19. The zero-order chi connectivity index (χ0) is 14.0. The van der Waals surface area contributed by atoms with E-state index in [9.17, 15) is 5.11 Å². The highest BCUT2D eigenvalue weighted by Crippen LogP contribution is 2.40. The molecule has 1 aromatic rings. The van der Waals surface area contributed by atoms with Crippen LogP contribution in [0.2, 0.25) is 0 Å². The van der Waals surface area contributed by atoms with Crippen molar-refractivity contribution in [2.45, 2.75) is 45.3 Å². The summed E-state index contributed by atoms with van der Waals surface area (Å²) >= 11 is 0. The van der Waals surface area contributed by atoms with Gasteiger partial charge in [0.25, 0.3) is 0 Å². The summed E-state index contributed by atoms with van der Waals surface area (Å²) in [5.74, 6) is 0.586. The zero-order valence-corrected chi connectivity index (χ0v) is 11.6. The van der Waals surface area contributed by atoms with Gasteiger partial charge in [0, 0.05) is 0 Å². The molecule has 0 aromatic heterocycles. The van der Waals surface area contributed by atoms with Crippen LogP contribution in [0.3, 0.4) is 0 Å². The number of phenolic OH excluding ortho intramolecular Hbond substituents is 1. The predicted octanol–water partition coefficient (Wildman–Crippen LogP) is 2.34. The molecule has 19 heavy (non-hydrogen) atoms. The molecule has 1 aromatic carbocycles. The molecule has 0 amide bonds. The largest absolute Gasteiger partial charge is 0.504 e. The van der Waals surface area contributed by atoms with E-state index in [1.807, 2.05) is 0 Å². The van der Waals surface area contributed by atoms with Crippen molar-refractivity contribution in [3.05, 3.63) is 23.8 Å². The molecule has 4 N–H and O–H groups in total. The van der Waals surface area contributed by atoms with Crippen molar-refractivity contribution in [2.75, 3.05) is 6.61 Å². The smallest absolute Gasteiger partial charge is 0.161 e. The number of nitrogens with two attached hydrogens (primary N) is 1. The highest BCUT2D eigenvalue weighted by atomic mass is 16.5. The van der Waals surface area contributed by atoms with Gasteiger partial charge >= 0.3 is 0 Å². The van der Waals surface area contributed by atoms with Gasteiger partial charge in [-0.2, -0.15) is 0 Å². The van der Waals surface area contributed by atoms with Crippen molar-refractivity contribution >= 4 is 0 Å². The van der Waals surface area contributed by atoms with Gasteiger partial charge in [-0.05, 0) is 42.4 Å². The standard InChI is InChI=1S/C15H23NO3/c1-15(2)6-5-11(8-15)19-14-7-10(12(16)9-17)3-4-13(14)18/h3-4,7,11-12,17-18H,5-6,8-9,16H2,1-2H3. The molecule has 2 rings (SSSR count). The molecule has 4 heteroatoms. The van der Waals surface area contributed by atoms with Gasteiger partial charge in [0.15, 0.2) is 11.5 Å². The van der Waals surface area contributed by atoms with E-state index in [0.29, 0.717) is 11.2 Å². The number of ether oxygens (including phenoxy) is 1. The van der Waals surface area contributed by atoms with E-state index in [2.05, 4.69) is 13.8 Å². The van der Waals surface area contributed by atoms with E-state index in [0.717, 1.165) is 24.8 Å². The molecular weight excluding hydrogens is 242 g/mol. The molecule has 1 aliphatic carbocycles. The maximum Gasteiger partial charge on any atom is 0.161 e. The van der Waals surface area contributed by atoms with Crippen LogP contribution in [0.5, 0.6) is 11.5 Å². The summed E-state index contributed by atoms with van der Waals surface area (Å²) in [5.41, 5.74) is 6.85. The molecule has 0 heterocycles. The van der Waals surface area contributed by atoms with Crippen LogP contribution in [-0.4, -0.2) is 22.9 Å². The normalized spacial score (nSPS) is 23.3. The predicted molar refractivity (Wildman–Crippen MR) is 74.2 cm³/mol. The van der Waals surface area contributed by atoms with Gasteiger partial charge in [0.1, 0.15) is 0 Å². The van der Waals surface area contributed by atoms with Crippen LogP contribution in [0, 0.1) is 5.41 Å². The molecule has 0 radical (unpaired) electrons. The average molecular weight is 265 g/mol. The van der Waals surface area contributed by atoms with Gasteiger partial charge in [0.05, 0.1) is 18.8 Å². The zero-order valence-electron chi connectivity index (χ0n) is 11.6. The van der Waals surface area contributed by atoms with E-state index in [1.54, 1.807) is 18.2 Å². The fourth-order valence-corrected chi connectivity index (χ4v) is 2.61. The third-order valence-electron chi connectivity index (χ3n) is 3.83. The first kappa shape index (κ1) is 14.2. The Bertz CT molecular complexity index is 445. The van der Waals surface area contributed by atoms with Crippen LogP contribution < -0.4 is 10.5 Å². The average Bonchev–Trinajstić information content (AvgIpc) is 2.70. The van der Waals surface area contributed by atoms with Crippen molar-refractivity contribution < 1.29 is 14.9 Å². The first-order valence-electron chi connectivity index (χ1n) is 6.77. The number of aliphatic hydroxyl groups excluding tert-OH is 1. The lowest BCUT2D eigenvalue weighted by Crippen LogP contribution is -2.17. The van der Waals surface area contributed by atoms with Crippen LogP contribution >= 0.6 is 0 Å². The Balaban J connectivity index is 2.11. The molecule has 0 bridgehead atoms. The Labute approximate surface area is 114 Å². The molecule has 0 aliphatic heterocycles. The van der Waals surface area contributed by atoms with Crippen LogP contribution in [0.1, 0.15) is 44.7 Å². The van der Waals surface area contributed by atoms with E-state index >= 15 is 0 Å². The van der Waals surface area contributed by atoms with Gasteiger partial charge in [-0.15, -0.1) is 0 Å². The van der Waals surface area contributed by atoms with Gasteiger partial charge < -0.3 is 20.7 Å². The maximum atomic E-state index is 9.85. The molecule has 1 fully saturated rings. The number of benzene rings is 1. The number of hydrogen-bond donors (Lipinski definition) is 3. The highest BCUT2D eigenvalue weighted by molar-refractivity contribution is 5.43. The Morgan fingerprint density at radius 1 is 1.47 bits per heavy atom. The Hall–Kier alpha value is -1.26. The molecule has 2 unspecified atom stereocenters. The van der Waals surface area contributed by atoms with E-state index in [-0.39, 0.29) is 18.5 Å². The highest BCUT2D eigenvalue weighted by Gasteiger charge is 2.32. The Morgan fingerprint density at radius 3 is 2.79 bits per heavy atom. The van der Waals surface area contributed by atoms with Gasteiger partial charge in [-0.25, -0.2) is 0 Å². The van der Waals surface area contributed by atoms with Gasteiger partial charge in [-0.3, -0.25) is 0 Å². The first-order chi connectivity index (χ1) is 8.91. The molecule has 4 nitrogen and oxygen atoms in total. The minimum absolute atomic E-state index is 0.124. The molecule has 2 atom stereocenters. The second kappa shape index (κ2) is 5.39. The van der Waals surface area contributed by atoms with Gasteiger partial charge in [0.2, 0.25) is 0 Å². The molecule has 1 saturated carbocycles. The SMILES string of the molecule is CC1(C)CCC(Oc2cc(C(N)CO)ccc2O)C1. The van der Waals surface area contributed by atoms with Gasteiger partial charge in [-0.1, -0.05) is 19.9 Å². The van der Waals surface area contributed by atoms with Crippen molar-refractivity contribution in [1.82, 2.24) is 0 Å². The lowest BCUT2D eigenvalue weighted by atomic mass is 9.92. The van der Waals surface area contributed by atoms with Crippen LogP contribution in [0.25, 0.3) is 0 Å². The minimum Gasteiger partial charge on any atom is -0.504 e. The van der Waals surface area contributed by atoms with Crippen molar-refractivity contribution in [3.8, 4) is 11.5 Å². The minimum atomic E-state index is -0.442. The third-order valence-corrected chi connectivity index (χ3v) is 3.83. The van der Waals surface area contributed by atoms with Crippen molar-refractivity contribution in [1.29, 1.82) is 0 Å². The molecule has 1 aliphatic rings.